The summed E-state index contributed by atoms with van der Waals surface area (Å²) in [5.41, 5.74) is 0. The van der Waals surface area contributed by atoms with E-state index in [1.165, 1.54) is 6.42 Å². The van der Waals surface area contributed by atoms with Crippen LogP contribution in [0, 0.1) is 17.8 Å². The van der Waals surface area contributed by atoms with E-state index in [9.17, 15) is 8.78 Å². The van der Waals surface area contributed by atoms with Crippen molar-refractivity contribution in [2.24, 2.45) is 17.8 Å². The van der Waals surface area contributed by atoms with Crippen LogP contribution in [0.2, 0.25) is 0 Å². The summed E-state index contributed by atoms with van der Waals surface area (Å²) in [6, 6.07) is 0. The van der Waals surface area contributed by atoms with E-state index in [1.54, 1.807) is 0 Å². The smallest absolute Gasteiger partial charge is 0.193 e. The van der Waals surface area contributed by atoms with Crippen LogP contribution in [0.25, 0.3) is 0 Å². The van der Waals surface area contributed by atoms with Crippen LogP contribution in [0.15, 0.2) is 0 Å². The second kappa shape index (κ2) is 2.41. The number of hydrogen-bond donors (Lipinski definition) is 0. The highest BCUT2D eigenvalue weighted by atomic mass is 79.9. The molecule has 0 unspecified atom stereocenters. The fourth-order valence-electron chi connectivity index (χ4n) is 2.65. The second-order valence-corrected chi connectivity index (χ2v) is 4.88. The molecule has 0 heterocycles. The van der Waals surface area contributed by atoms with Crippen LogP contribution >= 0.6 is 15.9 Å². The molecule has 11 heavy (non-hydrogen) atoms. The molecule has 2 saturated carbocycles. The first-order chi connectivity index (χ1) is 5.07. The van der Waals surface area contributed by atoms with Gasteiger partial charge in [-0.2, -0.15) is 8.78 Å². The molecular weight excluding hydrogens is 214 g/mol. The Hall–Kier alpha value is 0.340. The van der Waals surface area contributed by atoms with Gasteiger partial charge in [-0.1, -0.05) is 6.42 Å². The van der Waals surface area contributed by atoms with E-state index in [2.05, 4.69) is 15.9 Å². The van der Waals surface area contributed by atoms with Gasteiger partial charge in [0.25, 0.3) is 0 Å². The van der Waals surface area contributed by atoms with Crippen molar-refractivity contribution in [1.82, 2.24) is 0 Å². The Balaban J connectivity index is 2.08. The molecule has 2 bridgehead atoms. The van der Waals surface area contributed by atoms with Gasteiger partial charge in [-0.3, -0.25) is 0 Å². The molecule has 2 aliphatic rings. The van der Waals surface area contributed by atoms with E-state index < -0.39 is 4.83 Å². The van der Waals surface area contributed by atoms with Crippen LogP contribution in [-0.4, -0.2) is 4.83 Å². The molecule has 0 aromatic rings. The van der Waals surface area contributed by atoms with Crippen LogP contribution in [0.1, 0.15) is 25.7 Å². The fraction of sp³-hybridized carbons (Fsp3) is 1.00. The largest absolute Gasteiger partial charge is 0.304 e. The normalized spacial score (nSPS) is 43.4. The van der Waals surface area contributed by atoms with Crippen molar-refractivity contribution in [3.8, 4) is 0 Å². The Morgan fingerprint density at radius 3 is 2.18 bits per heavy atom. The van der Waals surface area contributed by atoms with Gasteiger partial charge < -0.3 is 0 Å². The Bertz CT molecular complexity index is 164. The van der Waals surface area contributed by atoms with E-state index in [-0.39, 0.29) is 5.92 Å². The first kappa shape index (κ1) is 7.96. The Labute approximate surface area is 73.5 Å². The van der Waals surface area contributed by atoms with Crippen molar-refractivity contribution in [2.75, 3.05) is 0 Å². The lowest BCUT2D eigenvalue weighted by Gasteiger charge is -2.25. The summed E-state index contributed by atoms with van der Waals surface area (Å²) in [5.74, 6) is 0.532. The summed E-state index contributed by atoms with van der Waals surface area (Å²) in [5, 5.41) is 0. The average Bonchev–Trinajstić information content (AvgIpc) is 2.42. The summed E-state index contributed by atoms with van der Waals surface area (Å²) in [6.07, 6.45) is 4.00. The topological polar surface area (TPSA) is 0 Å². The van der Waals surface area contributed by atoms with Crippen molar-refractivity contribution >= 4 is 15.9 Å². The molecule has 0 amide bonds. The number of fused-ring (bicyclic) bond motifs is 2. The SMILES string of the molecule is FC(F)(Br)[C@H]1C[C@@H]2CC[C@H]1C2. The second-order valence-electron chi connectivity index (χ2n) is 3.82. The molecule has 0 N–H and O–H groups in total. The van der Waals surface area contributed by atoms with Gasteiger partial charge in [-0.05, 0) is 47.0 Å². The summed E-state index contributed by atoms with van der Waals surface area (Å²) in [6.45, 7) is 0. The summed E-state index contributed by atoms with van der Waals surface area (Å²) >= 11 is 2.47. The molecule has 64 valence electrons. The molecular formula is C8H11BrF2. The van der Waals surface area contributed by atoms with E-state index in [0.717, 1.165) is 19.3 Å². The lowest BCUT2D eigenvalue weighted by molar-refractivity contribution is 0.0178. The van der Waals surface area contributed by atoms with Gasteiger partial charge in [0.2, 0.25) is 0 Å². The summed E-state index contributed by atoms with van der Waals surface area (Å²) in [4.78, 5) is -2.60. The van der Waals surface area contributed by atoms with Crippen LogP contribution in [0.4, 0.5) is 8.78 Å². The molecule has 2 rings (SSSR count). The summed E-state index contributed by atoms with van der Waals surface area (Å²) < 4.78 is 25.6. The van der Waals surface area contributed by atoms with Crippen LogP contribution in [-0.2, 0) is 0 Å². The molecule has 2 aliphatic carbocycles. The third kappa shape index (κ3) is 1.32. The summed E-state index contributed by atoms with van der Waals surface area (Å²) in [7, 11) is 0. The molecule has 0 radical (unpaired) electrons. The third-order valence-corrected chi connectivity index (χ3v) is 3.75. The van der Waals surface area contributed by atoms with Crippen LogP contribution < -0.4 is 0 Å². The van der Waals surface area contributed by atoms with Gasteiger partial charge in [0.15, 0.2) is 0 Å². The van der Waals surface area contributed by atoms with E-state index >= 15 is 0 Å². The Kier molecular flexibility index (Phi) is 1.75. The fourth-order valence-corrected chi connectivity index (χ4v) is 3.21. The zero-order chi connectivity index (χ0) is 8.06. The number of hydrogen-bond acceptors (Lipinski definition) is 0. The minimum absolute atomic E-state index is 0.300. The molecule has 0 spiro atoms. The predicted octanol–water partition coefficient (Wildman–Crippen LogP) is 3.41. The maximum absolute atomic E-state index is 12.8. The van der Waals surface area contributed by atoms with Gasteiger partial charge in [0.1, 0.15) is 0 Å². The molecule has 3 atom stereocenters. The Morgan fingerprint density at radius 2 is 1.91 bits per heavy atom. The zero-order valence-electron chi connectivity index (χ0n) is 6.19. The lowest BCUT2D eigenvalue weighted by Crippen LogP contribution is -2.26. The van der Waals surface area contributed by atoms with Gasteiger partial charge >= 0.3 is 4.83 Å². The van der Waals surface area contributed by atoms with Crippen molar-refractivity contribution in [1.29, 1.82) is 0 Å². The van der Waals surface area contributed by atoms with E-state index in [4.69, 9.17) is 0 Å². The maximum atomic E-state index is 12.8. The van der Waals surface area contributed by atoms with Gasteiger partial charge in [-0.15, -0.1) is 0 Å². The van der Waals surface area contributed by atoms with Crippen molar-refractivity contribution in [3.05, 3.63) is 0 Å². The molecule has 3 heteroatoms. The standard InChI is InChI=1S/C8H11BrF2/c9-8(10,11)7-4-5-1-2-6(7)3-5/h5-7H,1-4H2/t5-,6+,7+/m1/s1. The van der Waals surface area contributed by atoms with Gasteiger partial charge in [-0.25, -0.2) is 0 Å². The van der Waals surface area contributed by atoms with Gasteiger partial charge in [0, 0.05) is 5.92 Å². The van der Waals surface area contributed by atoms with Crippen molar-refractivity contribution in [3.63, 3.8) is 0 Å². The highest BCUT2D eigenvalue weighted by molar-refractivity contribution is 9.10. The first-order valence-electron chi connectivity index (χ1n) is 4.14. The first-order valence-corrected chi connectivity index (χ1v) is 4.93. The zero-order valence-corrected chi connectivity index (χ0v) is 7.78. The highest BCUT2D eigenvalue weighted by Gasteiger charge is 2.50. The minimum Gasteiger partial charge on any atom is -0.193 e. The predicted molar refractivity (Wildman–Crippen MR) is 42.8 cm³/mol. The quantitative estimate of drug-likeness (QED) is 0.600. The number of rotatable bonds is 1. The van der Waals surface area contributed by atoms with Gasteiger partial charge in [0.05, 0.1) is 0 Å². The minimum atomic E-state index is -2.60. The van der Waals surface area contributed by atoms with Crippen LogP contribution in [0.3, 0.4) is 0 Å². The highest BCUT2D eigenvalue weighted by Crippen LogP contribution is 2.55. The molecule has 2 fully saturated rings. The molecule has 0 aromatic heterocycles. The number of halogens is 3. The third-order valence-electron chi connectivity index (χ3n) is 3.16. The maximum Gasteiger partial charge on any atom is 0.304 e. The average molecular weight is 225 g/mol. The van der Waals surface area contributed by atoms with Crippen molar-refractivity contribution in [2.45, 2.75) is 30.5 Å². The monoisotopic (exact) mass is 224 g/mol. The van der Waals surface area contributed by atoms with Crippen molar-refractivity contribution < 1.29 is 8.78 Å². The number of alkyl halides is 3. The molecule has 0 aromatic carbocycles. The molecule has 0 saturated heterocycles. The Morgan fingerprint density at radius 1 is 1.18 bits per heavy atom. The molecule has 0 nitrogen and oxygen atoms in total. The van der Waals surface area contributed by atoms with E-state index in [1.807, 2.05) is 0 Å². The molecule has 0 aliphatic heterocycles. The lowest BCUT2D eigenvalue weighted by atomic mass is 9.89. The van der Waals surface area contributed by atoms with Crippen LogP contribution in [0.5, 0.6) is 0 Å². The van der Waals surface area contributed by atoms with E-state index in [0.29, 0.717) is 11.8 Å².